The van der Waals surface area contributed by atoms with Gasteiger partial charge in [-0.05, 0) is 25.5 Å². The van der Waals surface area contributed by atoms with Gasteiger partial charge in [0.15, 0.2) is 5.69 Å². The fourth-order valence-electron chi connectivity index (χ4n) is 1.10. The number of ether oxygens (including phenoxy) is 1. The molecule has 0 fully saturated rings. The molecule has 0 spiro atoms. The summed E-state index contributed by atoms with van der Waals surface area (Å²) < 4.78 is 4.73. The van der Waals surface area contributed by atoms with Crippen LogP contribution in [-0.2, 0) is 4.74 Å². The molecule has 80 valence electrons. The van der Waals surface area contributed by atoms with Crippen molar-refractivity contribution in [3.05, 3.63) is 29.1 Å². The third-order valence-electron chi connectivity index (χ3n) is 1.72. The van der Waals surface area contributed by atoms with E-state index in [1.54, 1.807) is 13.8 Å². The second kappa shape index (κ2) is 4.54. The number of aromatic carboxylic acids is 1. The summed E-state index contributed by atoms with van der Waals surface area (Å²) in [5.41, 5.74) is 0.423. The number of aryl methyl sites for hydroxylation is 1. The van der Waals surface area contributed by atoms with E-state index in [4.69, 9.17) is 9.84 Å². The minimum Gasteiger partial charge on any atom is -0.476 e. The second-order valence-corrected chi connectivity index (χ2v) is 2.93. The number of carboxylic acids is 1. The van der Waals surface area contributed by atoms with E-state index >= 15 is 0 Å². The third-order valence-corrected chi connectivity index (χ3v) is 1.72. The van der Waals surface area contributed by atoms with Crippen LogP contribution in [0.2, 0.25) is 0 Å². The first-order valence-corrected chi connectivity index (χ1v) is 4.43. The van der Waals surface area contributed by atoms with E-state index < -0.39 is 11.9 Å². The van der Waals surface area contributed by atoms with Crippen molar-refractivity contribution in [3.63, 3.8) is 0 Å². The maximum Gasteiger partial charge on any atom is 0.355 e. The van der Waals surface area contributed by atoms with Crippen LogP contribution in [0.15, 0.2) is 12.3 Å². The zero-order chi connectivity index (χ0) is 11.4. The molecule has 0 aliphatic carbocycles. The van der Waals surface area contributed by atoms with Crippen LogP contribution in [-0.4, -0.2) is 28.6 Å². The number of nitrogens with zero attached hydrogens (tertiary/aromatic N) is 1. The molecule has 1 aromatic rings. The van der Waals surface area contributed by atoms with Crippen LogP contribution in [0.3, 0.4) is 0 Å². The van der Waals surface area contributed by atoms with Crippen LogP contribution in [0.4, 0.5) is 0 Å². The maximum absolute atomic E-state index is 11.4. The predicted octanol–water partition coefficient (Wildman–Crippen LogP) is 1.26. The number of hydrogen-bond donors (Lipinski definition) is 1. The molecule has 0 aliphatic heterocycles. The highest BCUT2D eigenvalue weighted by molar-refractivity contribution is 6.01. The summed E-state index contributed by atoms with van der Waals surface area (Å²) in [4.78, 5) is 25.8. The summed E-state index contributed by atoms with van der Waals surface area (Å²) in [7, 11) is 0. The average Bonchev–Trinajstić information content (AvgIpc) is 2.17. The zero-order valence-corrected chi connectivity index (χ0v) is 8.48. The molecule has 5 heteroatoms. The van der Waals surface area contributed by atoms with Gasteiger partial charge in [-0.15, -0.1) is 0 Å². The number of carbonyl (C=O) groups excluding carboxylic acids is 1. The lowest BCUT2D eigenvalue weighted by Crippen LogP contribution is -2.13. The van der Waals surface area contributed by atoms with Crippen LogP contribution in [0, 0.1) is 6.92 Å². The summed E-state index contributed by atoms with van der Waals surface area (Å²) in [5.74, 6) is -1.90. The van der Waals surface area contributed by atoms with E-state index in [2.05, 4.69) is 4.98 Å². The fourth-order valence-corrected chi connectivity index (χ4v) is 1.10. The van der Waals surface area contributed by atoms with Crippen molar-refractivity contribution in [2.45, 2.75) is 13.8 Å². The number of carbonyl (C=O) groups is 2. The molecule has 1 aromatic heterocycles. The molecule has 0 radical (unpaired) electrons. The van der Waals surface area contributed by atoms with E-state index in [1.807, 2.05) is 0 Å². The smallest absolute Gasteiger partial charge is 0.355 e. The van der Waals surface area contributed by atoms with Crippen molar-refractivity contribution in [2.24, 2.45) is 0 Å². The molecule has 15 heavy (non-hydrogen) atoms. The Kier molecular flexibility index (Phi) is 3.38. The van der Waals surface area contributed by atoms with Crippen molar-refractivity contribution in [3.8, 4) is 0 Å². The van der Waals surface area contributed by atoms with E-state index in [-0.39, 0.29) is 17.9 Å². The first-order valence-electron chi connectivity index (χ1n) is 4.43. The van der Waals surface area contributed by atoms with E-state index in [0.717, 1.165) is 0 Å². The monoisotopic (exact) mass is 209 g/mol. The Hall–Kier alpha value is -1.91. The van der Waals surface area contributed by atoms with Crippen molar-refractivity contribution >= 4 is 11.9 Å². The first kappa shape index (κ1) is 11.2. The normalized spacial score (nSPS) is 9.73. The van der Waals surface area contributed by atoms with Gasteiger partial charge in [-0.2, -0.15) is 0 Å². The first-order chi connectivity index (χ1) is 7.06. The molecule has 0 amide bonds. The molecule has 0 bridgehead atoms. The summed E-state index contributed by atoms with van der Waals surface area (Å²) in [6.07, 6.45) is 1.40. The number of hydrogen-bond acceptors (Lipinski definition) is 4. The van der Waals surface area contributed by atoms with Gasteiger partial charge < -0.3 is 9.84 Å². The number of esters is 1. The van der Waals surface area contributed by atoms with E-state index in [0.29, 0.717) is 5.56 Å². The highest BCUT2D eigenvalue weighted by Gasteiger charge is 2.18. The quantitative estimate of drug-likeness (QED) is 0.758. The summed E-state index contributed by atoms with van der Waals surface area (Å²) in [5, 5.41) is 8.80. The van der Waals surface area contributed by atoms with Crippen LogP contribution in [0.1, 0.15) is 33.3 Å². The third kappa shape index (κ3) is 2.52. The lowest BCUT2D eigenvalue weighted by Gasteiger charge is -2.05. The molecule has 0 atom stereocenters. The Morgan fingerprint density at radius 3 is 2.73 bits per heavy atom. The van der Waals surface area contributed by atoms with Gasteiger partial charge in [0, 0.05) is 6.20 Å². The topological polar surface area (TPSA) is 76.5 Å². The minimum atomic E-state index is -1.24. The average molecular weight is 209 g/mol. The molecule has 0 unspecified atom stereocenters. The second-order valence-electron chi connectivity index (χ2n) is 2.93. The largest absolute Gasteiger partial charge is 0.476 e. The standard InChI is InChI=1S/C10H11NO4/c1-3-15-10(14)7-4-6(2)5-11-8(7)9(12)13/h4-5H,3H2,1-2H3,(H,12,13). The van der Waals surface area contributed by atoms with Gasteiger partial charge in [-0.3, -0.25) is 0 Å². The molecule has 0 saturated carbocycles. The van der Waals surface area contributed by atoms with Gasteiger partial charge in [0.25, 0.3) is 0 Å². The van der Waals surface area contributed by atoms with Gasteiger partial charge >= 0.3 is 11.9 Å². The molecular formula is C10H11NO4. The number of carboxylic acid groups (broad SMARTS) is 1. The van der Waals surface area contributed by atoms with Gasteiger partial charge in [-0.1, -0.05) is 0 Å². The van der Waals surface area contributed by atoms with Gasteiger partial charge in [0.1, 0.15) is 0 Å². The maximum atomic E-state index is 11.4. The van der Waals surface area contributed by atoms with Crippen molar-refractivity contribution in [1.82, 2.24) is 4.98 Å². The minimum absolute atomic E-state index is 0.00986. The summed E-state index contributed by atoms with van der Waals surface area (Å²) >= 11 is 0. The number of rotatable bonds is 3. The molecule has 0 aliphatic rings. The van der Waals surface area contributed by atoms with Crippen LogP contribution in [0.5, 0.6) is 0 Å². The molecule has 0 aromatic carbocycles. The Labute approximate surface area is 86.7 Å². The van der Waals surface area contributed by atoms with Gasteiger partial charge in [0.2, 0.25) is 0 Å². The van der Waals surface area contributed by atoms with Crippen molar-refractivity contribution < 1.29 is 19.4 Å². The molecule has 1 N–H and O–H groups in total. The molecule has 0 saturated heterocycles. The summed E-state index contributed by atoms with van der Waals surface area (Å²) in [6.45, 7) is 3.58. The molecule has 5 nitrogen and oxygen atoms in total. The molecule has 1 rings (SSSR count). The Bertz CT molecular complexity index is 400. The predicted molar refractivity (Wildman–Crippen MR) is 51.9 cm³/mol. The molecular weight excluding hydrogens is 198 g/mol. The number of pyridine rings is 1. The van der Waals surface area contributed by atoms with Crippen LogP contribution in [0.25, 0.3) is 0 Å². The van der Waals surface area contributed by atoms with Crippen molar-refractivity contribution in [1.29, 1.82) is 0 Å². The highest BCUT2D eigenvalue weighted by atomic mass is 16.5. The highest BCUT2D eigenvalue weighted by Crippen LogP contribution is 2.10. The lowest BCUT2D eigenvalue weighted by molar-refractivity contribution is 0.0512. The van der Waals surface area contributed by atoms with Crippen LogP contribution < -0.4 is 0 Å². The number of aromatic nitrogens is 1. The lowest BCUT2D eigenvalue weighted by atomic mass is 10.1. The zero-order valence-electron chi connectivity index (χ0n) is 8.48. The SMILES string of the molecule is CCOC(=O)c1cc(C)cnc1C(=O)O. The molecule has 1 heterocycles. The Morgan fingerprint density at radius 1 is 1.53 bits per heavy atom. The Morgan fingerprint density at radius 2 is 2.20 bits per heavy atom. The summed E-state index contributed by atoms with van der Waals surface area (Å²) in [6, 6.07) is 1.45. The van der Waals surface area contributed by atoms with E-state index in [1.165, 1.54) is 12.3 Å². The van der Waals surface area contributed by atoms with Gasteiger partial charge in [0.05, 0.1) is 12.2 Å². The van der Waals surface area contributed by atoms with E-state index in [9.17, 15) is 9.59 Å². The fraction of sp³-hybridized carbons (Fsp3) is 0.300. The van der Waals surface area contributed by atoms with Gasteiger partial charge in [-0.25, -0.2) is 14.6 Å². The van der Waals surface area contributed by atoms with Crippen molar-refractivity contribution in [2.75, 3.05) is 6.61 Å². The van der Waals surface area contributed by atoms with Crippen LogP contribution >= 0.6 is 0 Å². The Balaban J connectivity index is 3.18.